The van der Waals surface area contributed by atoms with Crippen molar-refractivity contribution in [1.82, 2.24) is 5.32 Å². The fraction of sp³-hybridized carbons (Fsp3) is 0.263. The van der Waals surface area contributed by atoms with Crippen LogP contribution in [0, 0.1) is 11.6 Å². The van der Waals surface area contributed by atoms with E-state index in [2.05, 4.69) is 5.32 Å². The maximum atomic E-state index is 14.4. The summed E-state index contributed by atoms with van der Waals surface area (Å²) in [4.78, 5) is 23.4. The number of ether oxygens (including phenoxy) is 1. The first-order valence-corrected chi connectivity index (χ1v) is 7.83. The molecule has 7 heteroatoms. The molecule has 2 aromatic rings. The first kappa shape index (κ1) is 19.5. The molecule has 2 N–H and O–H groups in total. The Bertz CT molecular complexity index is 808. The van der Waals surface area contributed by atoms with Gasteiger partial charge < -0.3 is 15.2 Å². The summed E-state index contributed by atoms with van der Waals surface area (Å²) in [6.45, 7) is 1.47. The van der Waals surface area contributed by atoms with E-state index in [1.807, 2.05) is 0 Å². The maximum Gasteiger partial charge on any atom is 0.305 e. The van der Waals surface area contributed by atoms with Crippen LogP contribution in [0.15, 0.2) is 42.5 Å². The van der Waals surface area contributed by atoms with E-state index < -0.39 is 29.0 Å². The Balaban J connectivity index is 2.23. The minimum Gasteiger partial charge on any atom is -0.481 e. The highest BCUT2D eigenvalue weighted by Gasteiger charge is 2.30. The van der Waals surface area contributed by atoms with Gasteiger partial charge in [-0.1, -0.05) is 18.2 Å². The van der Waals surface area contributed by atoms with Crippen molar-refractivity contribution in [2.24, 2.45) is 0 Å². The number of nitrogens with one attached hydrogen (secondary N) is 1. The molecule has 0 radical (unpaired) electrons. The first-order valence-electron chi connectivity index (χ1n) is 7.83. The molecule has 26 heavy (non-hydrogen) atoms. The molecule has 2 rings (SSSR count). The molecule has 0 aliphatic heterocycles. The number of carbonyl (C=O) groups is 2. The highest BCUT2D eigenvalue weighted by Crippen LogP contribution is 2.23. The average molecular weight is 363 g/mol. The van der Waals surface area contributed by atoms with Crippen LogP contribution in [0.1, 0.15) is 23.7 Å². The number of halogens is 2. The van der Waals surface area contributed by atoms with E-state index in [1.165, 1.54) is 56.5 Å². The zero-order chi connectivity index (χ0) is 19.3. The van der Waals surface area contributed by atoms with Crippen molar-refractivity contribution in [2.75, 3.05) is 13.7 Å². The third-order valence-electron chi connectivity index (χ3n) is 3.81. The van der Waals surface area contributed by atoms with E-state index in [0.29, 0.717) is 11.1 Å². The van der Waals surface area contributed by atoms with Crippen LogP contribution in [-0.2, 0) is 9.53 Å². The van der Waals surface area contributed by atoms with Gasteiger partial charge in [0, 0.05) is 7.11 Å². The molecular formula is C19H19F2NO4. The number of carboxylic acids is 1. The highest BCUT2D eigenvalue weighted by atomic mass is 19.1. The van der Waals surface area contributed by atoms with Crippen molar-refractivity contribution < 1.29 is 28.2 Å². The van der Waals surface area contributed by atoms with Gasteiger partial charge in [-0.05, 0) is 42.3 Å². The fourth-order valence-electron chi connectivity index (χ4n) is 2.65. The molecule has 1 unspecified atom stereocenters. The van der Waals surface area contributed by atoms with Gasteiger partial charge in [-0.15, -0.1) is 0 Å². The van der Waals surface area contributed by atoms with Crippen LogP contribution in [-0.4, -0.2) is 36.2 Å². The van der Waals surface area contributed by atoms with E-state index in [0.717, 1.165) is 0 Å². The second-order valence-corrected chi connectivity index (χ2v) is 6.22. The van der Waals surface area contributed by atoms with Gasteiger partial charge in [0.2, 0.25) is 0 Å². The van der Waals surface area contributed by atoms with Crippen molar-refractivity contribution in [3.63, 3.8) is 0 Å². The summed E-state index contributed by atoms with van der Waals surface area (Å²) >= 11 is 0. The molecular weight excluding hydrogens is 344 g/mol. The van der Waals surface area contributed by atoms with Crippen molar-refractivity contribution in [3.05, 3.63) is 59.7 Å². The number of benzene rings is 2. The molecule has 0 bridgehead atoms. The number of aliphatic carboxylic acids is 1. The molecule has 0 saturated heterocycles. The quantitative estimate of drug-likeness (QED) is 0.792. The molecule has 5 nitrogen and oxygen atoms in total. The standard InChI is InChI=1S/C19H19F2NO4/c1-19(11-26-2,10-17(23)24)22-18(25)15-8-5-13(9-16(15)21)12-3-6-14(20)7-4-12/h3-9H,10-11H2,1-2H3,(H,22,25)(H,23,24). The Labute approximate surface area is 149 Å². The Morgan fingerprint density at radius 2 is 1.73 bits per heavy atom. The SMILES string of the molecule is COCC(C)(CC(=O)O)NC(=O)c1ccc(-c2ccc(F)cc2)cc1F. The van der Waals surface area contributed by atoms with Gasteiger partial charge in [-0.2, -0.15) is 0 Å². The third kappa shape index (κ3) is 4.86. The summed E-state index contributed by atoms with van der Waals surface area (Å²) in [5.41, 5.74) is -0.306. The van der Waals surface area contributed by atoms with Crippen molar-refractivity contribution in [2.45, 2.75) is 18.9 Å². The van der Waals surface area contributed by atoms with Gasteiger partial charge >= 0.3 is 5.97 Å². The molecule has 0 spiro atoms. The zero-order valence-electron chi connectivity index (χ0n) is 14.4. The van der Waals surface area contributed by atoms with Crippen molar-refractivity contribution in [1.29, 1.82) is 0 Å². The van der Waals surface area contributed by atoms with E-state index in [-0.39, 0.29) is 18.6 Å². The molecule has 0 fully saturated rings. The average Bonchev–Trinajstić information content (AvgIpc) is 2.54. The van der Waals surface area contributed by atoms with E-state index in [4.69, 9.17) is 9.84 Å². The van der Waals surface area contributed by atoms with Crippen LogP contribution in [0.5, 0.6) is 0 Å². The van der Waals surface area contributed by atoms with Crippen LogP contribution >= 0.6 is 0 Å². The lowest BCUT2D eigenvalue weighted by atomic mass is 9.97. The number of hydrogen-bond donors (Lipinski definition) is 2. The summed E-state index contributed by atoms with van der Waals surface area (Å²) in [5, 5.41) is 11.5. The van der Waals surface area contributed by atoms with Crippen LogP contribution in [0.4, 0.5) is 8.78 Å². The minimum atomic E-state index is -1.18. The number of amides is 1. The molecule has 0 heterocycles. The molecule has 138 valence electrons. The van der Waals surface area contributed by atoms with Gasteiger partial charge in [0.1, 0.15) is 11.6 Å². The van der Waals surface area contributed by atoms with Gasteiger partial charge in [0.15, 0.2) is 0 Å². The van der Waals surface area contributed by atoms with Gasteiger partial charge in [-0.3, -0.25) is 9.59 Å². The third-order valence-corrected chi connectivity index (χ3v) is 3.81. The molecule has 1 atom stereocenters. The monoisotopic (exact) mass is 363 g/mol. The predicted molar refractivity (Wildman–Crippen MR) is 91.8 cm³/mol. The van der Waals surface area contributed by atoms with Gasteiger partial charge in [-0.25, -0.2) is 8.78 Å². The van der Waals surface area contributed by atoms with Crippen LogP contribution in [0.25, 0.3) is 11.1 Å². The lowest BCUT2D eigenvalue weighted by Gasteiger charge is -2.28. The molecule has 1 amide bonds. The number of carboxylic acid groups (broad SMARTS) is 1. The highest BCUT2D eigenvalue weighted by molar-refractivity contribution is 5.95. The van der Waals surface area contributed by atoms with Crippen LogP contribution in [0.3, 0.4) is 0 Å². The Hall–Kier alpha value is -2.80. The first-order chi connectivity index (χ1) is 12.2. The normalized spacial score (nSPS) is 13.1. The number of rotatable bonds is 7. The Kier molecular flexibility index (Phi) is 6.05. The summed E-state index contributed by atoms with van der Waals surface area (Å²) < 4.78 is 32.3. The predicted octanol–water partition coefficient (Wildman–Crippen LogP) is 3.24. The summed E-state index contributed by atoms with van der Waals surface area (Å²) in [7, 11) is 1.38. The van der Waals surface area contributed by atoms with Gasteiger partial charge in [0.25, 0.3) is 5.91 Å². The lowest BCUT2D eigenvalue weighted by molar-refractivity contribution is -0.139. The number of methoxy groups -OCH3 is 1. The molecule has 0 aromatic heterocycles. The van der Waals surface area contributed by atoms with Crippen LogP contribution < -0.4 is 5.32 Å². The maximum absolute atomic E-state index is 14.4. The summed E-state index contributed by atoms with van der Waals surface area (Å²) in [6.07, 6.45) is -0.373. The summed E-state index contributed by atoms with van der Waals surface area (Å²) in [5.74, 6) is -3.02. The smallest absolute Gasteiger partial charge is 0.305 e. The largest absolute Gasteiger partial charge is 0.481 e. The fourth-order valence-corrected chi connectivity index (χ4v) is 2.65. The second kappa shape index (κ2) is 8.05. The topological polar surface area (TPSA) is 75.6 Å². The van der Waals surface area contributed by atoms with E-state index >= 15 is 0 Å². The van der Waals surface area contributed by atoms with Crippen molar-refractivity contribution >= 4 is 11.9 Å². The van der Waals surface area contributed by atoms with Crippen LogP contribution in [0.2, 0.25) is 0 Å². The summed E-state index contributed by atoms with van der Waals surface area (Å²) in [6, 6.07) is 9.55. The molecule has 0 saturated carbocycles. The molecule has 2 aromatic carbocycles. The molecule has 0 aliphatic rings. The Morgan fingerprint density at radius 3 is 2.27 bits per heavy atom. The van der Waals surface area contributed by atoms with Crippen molar-refractivity contribution in [3.8, 4) is 11.1 Å². The van der Waals surface area contributed by atoms with E-state index in [1.54, 1.807) is 0 Å². The minimum absolute atomic E-state index is 0.0413. The lowest BCUT2D eigenvalue weighted by Crippen LogP contribution is -2.50. The zero-order valence-corrected chi connectivity index (χ0v) is 14.4. The molecule has 0 aliphatic carbocycles. The number of hydrogen-bond acceptors (Lipinski definition) is 3. The number of carbonyl (C=O) groups excluding carboxylic acids is 1. The van der Waals surface area contributed by atoms with E-state index in [9.17, 15) is 18.4 Å². The Morgan fingerprint density at radius 1 is 1.12 bits per heavy atom. The van der Waals surface area contributed by atoms with Gasteiger partial charge in [0.05, 0.1) is 24.1 Å². The second-order valence-electron chi connectivity index (χ2n) is 6.22.